The third kappa shape index (κ3) is 2.68. The highest BCUT2D eigenvalue weighted by molar-refractivity contribution is 5.38. The second-order valence-electron chi connectivity index (χ2n) is 5.68. The predicted octanol–water partition coefficient (Wildman–Crippen LogP) is 2.00. The fourth-order valence-corrected chi connectivity index (χ4v) is 2.92. The Morgan fingerprint density at radius 1 is 1.50 bits per heavy atom. The molecule has 1 aromatic rings. The fraction of sp³-hybridized carbons (Fsp3) is 0.600. The van der Waals surface area contributed by atoms with Crippen LogP contribution in [0.25, 0.3) is 0 Å². The summed E-state index contributed by atoms with van der Waals surface area (Å²) >= 11 is 0. The molecule has 1 fully saturated rings. The molecule has 100 valence electrons. The molecule has 3 heteroatoms. The molecule has 0 spiro atoms. The molecular formula is C15H23NO2. The highest BCUT2D eigenvalue weighted by Crippen LogP contribution is 2.32. The maximum absolute atomic E-state index is 10.7. The van der Waals surface area contributed by atoms with Crippen LogP contribution in [0.15, 0.2) is 18.2 Å². The van der Waals surface area contributed by atoms with E-state index < -0.39 is 5.60 Å². The summed E-state index contributed by atoms with van der Waals surface area (Å²) in [7, 11) is 3.75. The van der Waals surface area contributed by atoms with Crippen molar-refractivity contribution in [3.05, 3.63) is 29.3 Å². The molecule has 0 bridgehead atoms. The van der Waals surface area contributed by atoms with E-state index in [4.69, 9.17) is 4.74 Å². The molecule has 1 aromatic carbocycles. The van der Waals surface area contributed by atoms with Crippen LogP contribution in [0, 0.1) is 6.92 Å². The van der Waals surface area contributed by atoms with E-state index in [1.807, 2.05) is 12.1 Å². The van der Waals surface area contributed by atoms with E-state index in [-0.39, 0.29) is 0 Å². The zero-order valence-electron chi connectivity index (χ0n) is 11.7. The number of likely N-dealkylation sites (tertiary alicyclic amines) is 1. The average Bonchev–Trinajstić information content (AvgIpc) is 2.52. The van der Waals surface area contributed by atoms with Crippen LogP contribution in [0.5, 0.6) is 5.75 Å². The van der Waals surface area contributed by atoms with Gasteiger partial charge in [-0.2, -0.15) is 0 Å². The van der Waals surface area contributed by atoms with Crippen molar-refractivity contribution in [3.8, 4) is 5.75 Å². The second kappa shape index (κ2) is 4.90. The van der Waals surface area contributed by atoms with Crippen LogP contribution in [0.1, 0.15) is 24.5 Å². The zero-order valence-corrected chi connectivity index (χ0v) is 11.7. The maximum Gasteiger partial charge on any atom is 0.122 e. The van der Waals surface area contributed by atoms with Crippen molar-refractivity contribution in [1.82, 2.24) is 4.90 Å². The van der Waals surface area contributed by atoms with Gasteiger partial charge in [0.05, 0.1) is 12.7 Å². The third-order valence-electron chi connectivity index (χ3n) is 3.93. The van der Waals surface area contributed by atoms with Gasteiger partial charge < -0.3 is 14.7 Å². The lowest BCUT2D eigenvalue weighted by atomic mass is 9.91. The smallest absolute Gasteiger partial charge is 0.122 e. The van der Waals surface area contributed by atoms with Gasteiger partial charge in [0.1, 0.15) is 5.75 Å². The molecule has 0 aromatic heterocycles. The number of likely N-dealkylation sites (N-methyl/N-ethyl adjacent to an activating group) is 1. The molecule has 0 radical (unpaired) electrons. The molecule has 0 saturated carbocycles. The van der Waals surface area contributed by atoms with Crippen molar-refractivity contribution in [2.24, 2.45) is 0 Å². The normalized spacial score (nSPS) is 28.6. The van der Waals surface area contributed by atoms with E-state index in [1.54, 1.807) is 7.11 Å². The van der Waals surface area contributed by atoms with E-state index in [0.29, 0.717) is 12.5 Å². The van der Waals surface area contributed by atoms with Gasteiger partial charge >= 0.3 is 0 Å². The zero-order chi connectivity index (χ0) is 13.3. The van der Waals surface area contributed by atoms with Gasteiger partial charge in [0.15, 0.2) is 0 Å². The van der Waals surface area contributed by atoms with Crippen molar-refractivity contribution in [2.45, 2.75) is 38.3 Å². The highest BCUT2D eigenvalue weighted by Gasteiger charge is 2.39. The van der Waals surface area contributed by atoms with Crippen molar-refractivity contribution in [3.63, 3.8) is 0 Å². The van der Waals surface area contributed by atoms with E-state index in [2.05, 4.69) is 31.9 Å². The third-order valence-corrected chi connectivity index (χ3v) is 3.93. The average molecular weight is 249 g/mol. The number of ether oxygens (including phenoxy) is 1. The van der Waals surface area contributed by atoms with E-state index >= 15 is 0 Å². The molecule has 2 unspecified atom stereocenters. The van der Waals surface area contributed by atoms with Gasteiger partial charge in [0.2, 0.25) is 0 Å². The molecule has 1 heterocycles. The SMILES string of the molecule is COc1ccc(C)cc1CC1(O)CC(C)N(C)C1. The molecule has 1 N–H and O–H groups in total. The number of hydrogen-bond acceptors (Lipinski definition) is 3. The topological polar surface area (TPSA) is 32.7 Å². The van der Waals surface area contributed by atoms with Gasteiger partial charge in [-0.1, -0.05) is 17.7 Å². The number of hydrogen-bond donors (Lipinski definition) is 1. The first-order valence-corrected chi connectivity index (χ1v) is 6.50. The molecule has 1 saturated heterocycles. The van der Waals surface area contributed by atoms with Crippen LogP contribution < -0.4 is 4.74 Å². The Bertz CT molecular complexity index is 421. The largest absolute Gasteiger partial charge is 0.496 e. The highest BCUT2D eigenvalue weighted by atomic mass is 16.5. The Morgan fingerprint density at radius 2 is 2.22 bits per heavy atom. The maximum atomic E-state index is 10.7. The number of methoxy groups -OCH3 is 1. The van der Waals surface area contributed by atoms with Crippen LogP contribution in [0.2, 0.25) is 0 Å². The number of β-amino-alcohol motifs (C(OH)–C–C–N with tert-alkyl or cyclic N) is 1. The summed E-state index contributed by atoms with van der Waals surface area (Å²) in [5.41, 5.74) is 1.67. The van der Waals surface area contributed by atoms with Gasteiger partial charge in [-0.3, -0.25) is 0 Å². The molecule has 1 aliphatic rings. The van der Waals surface area contributed by atoms with Crippen LogP contribution in [-0.4, -0.2) is 42.4 Å². The van der Waals surface area contributed by atoms with Gasteiger partial charge in [0.25, 0.3) is 0 Å². The minimum atomic E-state index is -0.630. The van der Waals surface area contributed by atoms with Crippen molar-refractivity contribution < 1.29 is 9.84 Å². The first-order chi connectivity index (χ1) is 8.43. The first-order valence-electron chi connectivity index (χ1n) is 6.50. The second-order valence-corrected chi connectivity index (χ2v) is 5.68. The lowest BCUT2D eigenvalue weighted by molar-refractivity contribution is 0.0514. The van der Waals surface area contributed by atoms with E-state index in [9.17, 15) is 5.11 Å². The minimum absolute atomic E-state index is 0.436. The summed E-state index contributed by atoms with van der Waals surface area (Å²) in [6.07, 6.45) is 1.48. The predicted molar refractivity (Wildman–Crippen MR) is 73.1 cm³/mol. The molecule has 0 amide bonds. The Hall–Kier alpha value is -1.06. The Kier molecular flexibility index (Phi) is 3.64. The summed E-state index contributed by atoms with van der Waals surface area (Å²) in [6, 6.07) is 6.57. The van der Waals surface area contributed by atoms with Crippen LogP contribution in [-0.2, 0) is 6.42 Å². The van der Waals surface area contributed by atoms with E-state index in [0.717, 1.165) is 24.3 Å². The fourth-order valence-electron chi connectivity index (χ4n) is 2.92. The summed E-state index contributed by atoms with van der Waals surface area (Å²) in [5.74, 6) is 0.872. The van der Waals surface area contributed by atoms with Crippen molar-refractivity contribution in [1.29, 1.82) is 0 Å². The quantitative estimate of drug-likeness (QED) is 0.889. The van der Waals surface area contributed by atoms with Gasteiger partial charge in [-0.05, 0) is 38.9 Å². The summed E-state index contributed by atoms with van der Waals surface area (Å²) < 4.78 is 5.38. The minimum Gasteiger partial charge on any atom is -0.496 e. The van der Waals surface area contributed by atoms with E-state index in [1.165, 1.54) is 5.56 Å². The molecule has 18 heavy (non-hydrogen) atoms. The standard InChI is InChI=1S/C15H23NO2/c1-11-5-6-14(18-4)13(7-11)9-15(17)8-12(2)16(3)10-15/h5-7,12,17H,8-10H2,1-4H3. The van der Waals surface area contributed by atoms with Crippen LogP contribution in [0.4, 0.5) is 0 Å². The summed E-state index contributed by atoms with van der Waals surface area (Å²) in [4.78, 5) is 2.21. The summed E-state index contributed by atoms with van der Waals surface area (Å²) in [6.45, 7) is 4.95. The van der Waals surface area contributed by atoms with Gasteiger partial charge in [-0.15, -0.1) is 0 Å². The number of aryl methyl sites for hydroxylation is 1. The van der Waals surface area contributed by atoms with Gasteiger partial charge in [0, 0.05) is 19.0 Å². The lowest BCUT2D eigenvalue weighted by Gasteiger charge is -2.23. The molecule has 2 rings (SSSR count). The first kappa shape index (κ1) is 13.4. The van der Waals surface area contributed by atoms with Crippen LogP contribution >= 0.6 is 0 Å². The molecule has 2 atom stereocenters. The molecule has 3 nitrogen and oxygen atoms in total. The molecular weight excluding hydrogens is 226 g/mol. The number of benzene rings is 1. The van der Waals surface area contributed by atoms with Crippen LogP contribution in [0.3, 0.4) is 0 Å². The summed E-state index contributed by atoms with van der Waals surface area (Å²) in [5, 5.41) is 10.7. The monoisotopic (exact) mass is 249 g/mol. The Labute approximate surface area is 109 Å². The van der Waals surface area contributed by atoms with Crippen molar-refractivity contribution >= 4 is 0 Å². The molecule has 1 aliphatic heterocycles. The Morgan fingerprint density at radius 3 is 2.78 bits per heavy atom. The lowest BCUT2D eigenvalue weighted by Crippen LogP contribution is -2.34. The number of aliphatic hydroxyl groups is 1. The van der Waals surface area contributed by atoms with Crippen molar-refractivity contribution in [2.75, 3.05) is 20.7 Å². The molecule has 0 aliphatic carbocycles. The number of nitrogens with zero attached hydrogens (tertiary/aromatic N) is 1. The van der Waals surface area contributed by atoms with Gasteiger partial charge in [-0.25, -0.2) is 0 Å². The Balaban J connectivity index is 2.21. The number of rotatable bonds is 3.